The molecule has 1 aliphatic rings. The molecule has 1 aliphatic heterocycles. The van der Waals surface area contributed by atoms with Crippen LogP contribution in [-0.2, 0) is 9.53 Å². The molecule has 10 nitrogen and oxygen atoms in total. The molecule has 1 aromatic carbocycles. The molecule has 1 heterocycles. The molecule has 0 radical (unpaired) electrons. The van der Waals surface area contributed by atoms with Gasteiger partial charge in [0, 0.05) is 11.8 Å². The Labute approximate surface area is 181 Å². The average Bonchev–Trinajstić information content (AvgIpc) is 2.76. The van der Waals surface area contributed by atoms with Crippen LogP contribution in [0.1, 0.15) is 57.6 Å². The fraction of sp³-hybridized carbons (Fsp3) is 0.524. The number of methoxy groups -OCH3 is 2. The number of ether oxygens (including phenoxy) is 3. The van der Waals surface area contributed by atoms with Crippen LogP contribution in [0.2, 0.25) is 0 Å². The maximum atomic E-state index is 12.6. The van der Waals surface area contributed by atoms with E-state index >= 15 is 0 Å². The average molecular weight is 435 g/mol. The van der Waals surface area contributed by atoms with Crippen LogP contribution in [0.25, 0.3) is 0 Å². The highest BCUT2D eigenvalue weighted by Crippen LogP contribution is 2.42. The Kier molecular flexibility index (Phi) is 8.65. The number of rotatable bonds is 11. The quantitative estimate of drug-likeness (QED) is 0.234. The molecule has 2 rings (SSSR count). The molecule has 1 atom stereocenters. The number of hydrogen-bond acceptors (Lipinski definition) is 7. The van der Waals surface area contributed by atoms with Crippen LogP contribution >= 0.6 is 0 Å². The lowest BCUT2D eigenvalue weighted by Gasteiger charge is -2.29. The summed E-state index contributed by atoms with van der Waals surface area (Å²) in [6, 6.07) is 1.38. The van der Waals surface area contributed by atoms with Crippen LogP contribution in [0.3, 0.4) is 0 Å². The molecule has 0 fully saturated rings. The molecule has 170 valence electrons. The van der Waals surface area contributed by atoms with E-state index in [9.17, 15) is 19.7 Å². The monoisotopic (exact) mass is 435 g/mol. The van der Waals surface area contributed by atoms with Gasteiger partial charge in [-0.15, -0.1) is 0 Å². The van der Waals surface area contributed by atoms with Crippen molar-refractivity contribution in [1.82, 2.24) is 10.6 Å². The van der Waals surface area contributed by atoms with E-state index in [1.54, 1.807) is 0 Å². The second-order valence-electron chi connectivity index (χ2n) is 7.05. The number of nitro benzene ring substituents is 1. The highest BCUT2D eigenvalue weighted by Gasteiger charge is 2.35. The molecule has 0 spiro atoms. The second kappa shape index (κ2) is 11.2. The number of carbonyl (C=O) groups excluding carboxylic acids is 2. The smallest absolute Gasteiger partial charge is 0.337 e. The number of nitrogens with one attached hydrogen (secondary N) is 2. The van der Waals surface area contributed by atoms with Crippen molar-refractivity contribution in [2.75, 3.05) is 20.8 Å². The Morgan fingerprint density at radius 3 is 2.48 bits per heavy atom. The molecular formula is C21H29N3O7. The predicted octanol–water partition coefficient (Wildman–Crippen LogP) is 3.75. The van der Waals surface area contributed by atoms with Crippen LogP contribution in [-0.4, -0.2) is 37.8 Å². The molecule has 2 N–H and O–H groups in total. The minimum Gasteiger partial charge on any atom is -0.493 e. The van der Waals surface area contributed by atoms with E-state index in [0.29, 0.717) is 24.3 Å². The van der Waals surface area contributed by atoms with Crippen molar-refractivity contribution >= 4 is 17.7 Å². The van der Waals surface area contributed by atoms with Crippen LogP contribution < -0.4 is 20.1 Å². The first-order valence-corrected chi connectivity index (χ1v) is 10.3. The van der Waals surface area contributed by atoms with E-state index < -0.39 is 23.0 Å². The highest BCUT2D eigenvalue weighted by atomic mass is 16.6. The SMILES string of the molecule is CCCCOc1c(OC)cc(C2NC(=O)NC(CCCC)=C2C(=O)OC)cc1[N+](=O)[O-]. The van der Waals surface area contributed by atoms with Gasteiger partial charge in [0.1, 0.15) is 0 Å². The van der Waals surface area contributed by atoms with Gasteiger partial charge in [-0.25, -0.2) is 9.59 Å². The van der Waals surface area contributed by atoms with Crippen molar-refractivity contribution in [3.05, 3.63) is 39.1 Å². The van der Waals surface area contributed by atoms with Gasteiger partial charge in [-0.3, -0.25) is 10.1 Å². The highest BCUT2D eigenvalue weighted by molar-refractivity contribution is 5.95. The standard InChI is InChI=1S/C21H29N3O7/c1-5-7-9-14-17(20(25)30-4)18(23-21(26)22-14)13-11-15(24(27)28)19(16(12-13)29-3)31-10-8-6-2/h11-12,18H,5-10H2,1-4H3,(H2,22,23,26). The first-order chi connectivity index (χ1) is 14.9. The Morgan fingerprint density at radius 2 is 1.90 bits per heavy atom. The minimum absolute atomic E-state index is 0.0137. The number of carbonyl (C=O) groups is 2. The summed E-state index contributed by atoms with van der Waals surface area (Å²) in [4.78, 5) is 36.1. The summed E-state index contributed by atoms with van der Waals surface area (Å²) >= 11 is 0. The fourth-order valence-corrected chi connectivity index (χ4v) is 3.30. The zero-order valence-corrected chi connectivity index (χ0v) is 18.3. The Balaban J connectivity index is 2.62. The zero-order chi connectivity index (χ0) is 23.0. The summed E-state index contributed by atoms with van der Waals surface area (Å²) in [6.07, 6.45) is 3.65. The number of esters is 1. The Hall–Kier alpha value is -3.30. The largest absolute Gasteiger partial charge is 0.493 e. The van der Waals surface area contributed by atoms with Crippen molar-refractivity contribution in [2.24, 2.45) is 0 Å². The summed E-state index contributed by atoms with van der Waals surface area (Å²) in [5.74, 6) is -0.472. The van der Waals surface area contributed by atoms with Gasteiger partial charge in [-0.05, 0) is 30.9 Å². The lowest BCUT2D eigenvalue weighted by atomic mass is 9.93. The number of unbranched alkanes of at least 4 members (excludes halogenated alkanes) is 2. The summed E-state index contributed by atoms with van der Waals surface area (Å²) in [5, 5.41) is 17.1. The Morgan fingerprint density at radius 1 is 1.19 bits per heavy atom. The van der Waals surface area contributed by atoms with E-state index in [2.05, 4.69) is 10.6 Å². The minimum atomic E-state index is -0.939. The first-order valence-electron chi connectivity index (χ1n) is 10.3. The maximum absolute atomic E-state index is 12.6. The van der Waals surface area contributed by atoms with E-state index in [1.807, 2.05) is 13.8 Å². The fourth-order valence-electron chi connectivity index (χ4n) is 3.30. The third-order valence-electron chi connectivity index (χ3n) is 4.89. The lowest BCUT2D eigenvalue weighted by molar-refractivity contribution is -0.386. The second-order valence-corrected chi connectivity index (χ2v) is 7.05. The van der Waals surface area contributed by atoms with Gasteiger partial charge in [0.05, 0.1) is 37.4 Å². The zero-order valence-electron chi connectivity index (χ0n) is 18.3. The normalized spacial score (nSPS) is 15.7. The van der Waals surface area contributed by atoms with Gasteiger partial charge in [0.15, 0.2) is 5.75 Å². The van der Waals surface area contributed by atoms with E-state index in [4.69, 9.17) is 14.2 Å². The van der Waals surface area contributed by atoms with Crippen LogP contribution in [0.4, 0.5) is 10.5 Å². The molecule has 1 aromatic rings. The molecule has 0 aliphatic carbocycles. The number of nitro groups is 1. The number of urea groups is 1. The maximum Gasteiger partial charge on any atom is 0.337 e. The van der Waals surface area contributed by atoms with Gasteiger partial charge in [0.25, 0.3) is 0 Å². The third-order valence-corrected chi connectivity index (χ3v) is 4.89. The van der Waals surface area contributed by atoms with Crippen molar-refractivity contribution in [3.8, 4) is 11.5 Å². The summed E-state index contributed by atoms with van der Waals surface area (Å²) < 4.78 is 15.9. The van der Waals surface area contributed by atoms with Crippen molar-refractivity contribution < 1.29 is 28.7 Å². The van der Waals surface area contributed by atoms with Gasteiger partial charge in [-0.2, -0.15) is 0 Å². The van der Waals surface area contributed by atoms with E-state index in [1.165, 1.54) is 26.4 Å². The van der Waals surface area contributed by atoms with Gasteiger partial charge < -0.3 is 24.8 Å². The summed E-state index contributed by atoms with van der Waals surface area (Å²) in [5.41, 5.74) is 0.645. The molecule has 31 heavy (non-hydrogen) atoms. The topological polar surface area (TPSA) is 129 Å². The molecule has 0 aromatic heterocycles. The molecule has 0 bridgehead atoms. The number of hydrogen-bond donors (Lipinski definition) is 2. The van der Waals surface area contributed by atoms with Crippen molar-refractivity contribution in [3.63, 3.8) is 0 Å². The molecule has 10 heteroatoms. The van der Waals surface area contributed by atoms with Crippen molar-refractivity contribution in [1.29, 1.82) is 0 Å². The molecule has 0 saturated carbocycles. The summed E-state index contributed by atoms with van der Waals surface area (Å²) in [6.45, 7) is 4.27. The predicted molar refractivity (Wildman–Crippen MR) is 113 cm³/mol. The molecular weight excluding hydrogens is 406 g/mol. The molecule has 1 unspecified atom stereocenters. The molecule has 0 saturated heterocycles. The number of benzene rings is 1. The van der Waals surface area contributed by atoms with Gasteiger partial charge >= 0.3 is 17.7 Å². The number of nitrogens with zero attached hydrogens (tertiary/aromatic N) is 1. The Bertz CT molecular complexity index is 867. The molecule has 2 amide bonds. The first kappa shape index (κ1) is 24.0. The van der Waals surface area contributed by atoms with Crippen LogP contribution in [0, 0.1) is 10.1 Å². The van der Waals surface area contributed by atoms with Crippen LogP contribution in [0.15, 0.2) is 23.4 Å². The van der Waals surface area contributed by atoms with E-state index in [-0.39, 0.29) is 22.8 Å². The third kappa shape index (κ3) is 5.65. The van der Waals surface area contributed by atoms with Gasteiger partial charge in [0.2, 0.25) is 5.75 Å². The van der Waals surface area contributed by atoms with E-state index in [0.717, 1.165) is 25.7 Å². The number of allylic oxidation sites excluding steroid dienone is 1. The van der Waals surface area contributed by atoms with Crippen LogP contribution in [0.5, 0.6) is 11.5 Å². The van der Waals surface area contributed by atoms with Gasteiger partial charge in [-0.1, -0.05) is 26.7 Å². The lowest BCUT2D eigenvalue weighted by Crippen LogP contribution is -2.46. The number of amides is 2. The summed E-state index contributed by atoms with van der Waals surface area (Å²) in [7, 11) is 2.62. The van der Waals surface area contributed by atoms with Crippen molar-refractivity contribution in [2.45, 2.75) is 52.0 Å².